The molecule has 1 aromatic rings. The number of carbonyl (C=O) groups excluding carboxylic acids is 1. The minimum Gasteiger partial charge on any atom is -0.733 e. The molecule has 5 nitrogen and oxygen atoms in total. The van der Waals surface area contributed by atoms with Crippen LogP contribution in [0.1, 0.15) is 0 Å². The summed E-state index contributed by atoms with van der Waals surface area (Å²) in [5.41, 5.74) is -0.722. The van der Waals surface area contributed by atoms with Gasteiger partial charge in [0.25, 0.3) is 0 Å². The Balaban J connectivity index is 2.92. The maximum absolute atomic E-state index is 12.3. The Hall–Kier alpha value is -2.01. The Morgan fingerprint density at radius 2 is 1.52 bits per heavy atom. The highest BCUT2D eigenvalue weighted by molar-refractivity contribution is 5.93. The van der Waals surface area contributed by atoms with Gasteiger partial charge in [-0.15, -0.1) is 0 Å². The maximum atomic E-state index is 12.3. The van der Waals surface area contributed by atoms with E-state index >= 15 is 0 Å². The van der Waals surface area contributed by atoms with E-state index in [4.69, 9.17) is 5.21 Å². The molecule has 21 heavy (non-hydrogen) atoms. The molecule has 0 aliphatic heterocycles. The van der Waals surface area contributed by atoms with Gasteiger partial charge in [-0.05, 0) is 24.3 Å². The lowest BCUT2D eigenvalue weighted by Gasteiger charge is -2.23. The molecule has 0 aliphatic carbocycles. The molecule has 0 unspecified atom stereocenters. The molecule has 0 heterocycles. The van der Waals surface area contributed by atoms with Crippen LogP contribution in [0.4, 0.5) is 37.7 Å². The molecule has 0 radical (unpaired) electrons. The van der Waals surface area contributed by atoms with Crippen LogP contribution in [-0.2, 0) is 4.79 Å². The number of halogens is 6. The second-order valence-corrected chi connectivity index (χ2v) is 3.83. The van der Waals surface area contributed by atoms with Gasteiger partial charge in [-0.2, -0.15) is 26.3 Å². The predicted octanol–water partition coefficient (Wildman–Crippen LogP) is 3.06. The van der Waals surface area contributed by atoms with Crippen molar-refractivity contribution in [3.8, 4) is 0 Å². The second kappa shape index (κ2) is 5.77. The fraction of sp³-hybridized carbons (Fsp3) is 0.300. The van der Waals surface area contributed by atoms with Crippen molar-refractivity contribution in [3.05, 3.63) is 29.5 Å². The van der Waals surface area contributed by atoms with Gasteiger partial charge in [0.05, 0.1) is 5.69 Å². The summed E-state index contributed by atoms with van der Waals surface area (Å²) in [5.74, 6) is -6.47. The first-order valence-corrected chi connectivity index (χ1v) is 5.13. The fourth-order valence-corrected chi connectivity index (χ4v) is 1.37. The summed E-state index contributed by atoms with van der Waals surface area (Å²) in [7, 11) is 0. The van der Waals surface area contributed by atoms with E-state index in [-0.39, 0.29) is 5.69 Å². The van der Waals surface area contributed by atoms with Crippen LogP contribution in [0.2, 0.25) is 0 Å². The first kappa shape index (κ1) is 17.0. The van der Waals surface area contributed by atoms with Crippen molar-refractivity contribution in [2.45, 2.75) is 12.4 Å². The van der Waals surface area contributed by atoms with Crippen LogP contribution in [0.15, 0.2) is 24.3 Å². The zero-order valence-corrected chi connectivity index (χ0v) is 9.87. The van der Waals surface area contributed by atoms with E-state index in [0.717, 1.165) is 24.3 Å². The molecule has 0 saturated carbocycles. The summed E-state index contributed by atoms with van der Waals surface area (Å²) in [6.45, 7) is 0. The Morgan fingerprint density at radius 1 is 1.10 bits per heavy atom. The van der Waals surface area contributed by atoms with Gasteiger partial charge >= 0.3 is 12.4 Å². The van der Waals surface area contributed by atoms with E-state index in [1.54, 1.807) is 0 Å². The summed E-state index contributed by atoms with van der Waals surface area (Å²) in [6.07, 6.45) is -11.6. The Morgan fingerprint density at radius 3 is 1.86 bits per heavy atom. The third-order valence-corrected chi connectivity index (χ3v) is 2.27. The summed E-state index contributed by atoms with van der Waals surface area (Å²) in [5, 5.41) is 19.8. The van der Waals surface area contributed by atoms with Crippen LogP contribution < -0.4 is 10.5 Å². The highest BCUT2D eigenvalue weighted by Crippen LogP contribution is 2.39. The van der Waals surface area contributed by atoms with E-state index in [0.29, 0.717) is 0 Å². The zero-order valence-electron chi connectivity index (χ0n) is 9.87. The quantitative estimate of drug-likeness (QED) is 0.663. The number of nitrogens with one attached hydrogen (secondary N) is 1. The molecule has 118 valence electrons. The smallest absolute Gasteiger partial charge is 0.409 e. The summed E-state index contributed by atoms with van der Waals surface area (Å²) in [6, 6.07) is 3.49. The minimum absolute atomic E-state index is 0.323. The first-order chi connectivity index (χ1) is 9.43. The lowest BCUT2D eigenvalue weighted by Crippen LogP contribution is -2.45. The van der Waals surface area contributed by atoms with E-state index in [1.165, 1.54) is 5.32 Å². The van der Waals surface area contributed by atoms with Crippen molar-refractivity contribution >= 4 is 17.3 Å². The summed E-state index contributed by atoms with van der Waals surface area (Å²) >= 11 is 0. The van der Waals surface area contributed by atoms with Crippen molar-refractivity contribution < 1.29 is 36.3 Å². The van der Waals surface area contributed by atoms with Crippen LogP contribution >= 0.6 is 0 Å². The first-order valence-electron chi connectivity index (χ1n) is 5.13. The molecule has 0 bridgehead atoms. The van der Waals surface area contributed by atoms with Crippen LogP contribution in [0.3, 0.4) is 0 Å². The van der Waals surface area contributed by atoms with Gasteiger partial charge in [-0.3, -0.25) is 10.0 Å². The lowest BCUT2D eigenvalue weighted by atomic mass is 10.1. The van der Waals surface area contributed by atoms with Crippen molar-refractivity contribution in [2.75, 3.05) is 10.5 Å². The number of hydrogen-bond donors (Lipinski definition) is 2. The van der Waals surface area contributed by atoms with E-state index in [9.17, 15) is 36.3 Å². The van der Waals surface area contributed by atoms with Gasteiger partial charge in [0.15, 0.2) is 0 Å². The van der Waals surface area contributed by atoms with Gasteiger partial charge in [0.2, 0.25) is 11.8 Å². The van der Waals surface area contributed by atoms with Crippen LogP contribution in [0, 0.1) is 11.1 Å². The minimum atomic E-state index is -5.79. The van der Waals surface area contributed by atoms with E-state index < -0.39 is 35.1 Å². The Labute approximate surface area is 113 Å². The molecular formula is C10H7F6N2O3-. The number of hydrogen-bond acceptors (Lipinski definition) is 4. The predicted molar refractivity (Wildman–Crippen MR) is 58.3 cm³/mol. The van der Waals surface area contributed by atoms with E-state index in [1.807, 2.05) is 0 Å². The SMILES string of the molecule is O=C(Nc1ccc(N([O-])O)cc1)C(C(F)(F)F)C(F)(F)F. The van der Waals surface area contributed by atoms with Gasteiger partial charge in [-0.25, -0.2) is 0 Å². The zero-order chi connectivity index (χ0) is 16.4. The number of nitrogens with zero attached hydrogens (tertiary/aromatic N) is 1. The molecule has 0 spiro atoms. The average Bonchev–Trinajstić information content (AvgIpc) is 2.25. The van der Waals surface area contributed by atoms with Gasteiger partial charge < -0.3 is 15.8 Å². The number of rotatable bonds is 3. The maximum Gasteiger partial charge on any atom is 0.409 e. The molecule has 0 aromatic heterocycles. The van der Waals surface area contributed by atoms with Crippen molar-refractivity contribution in [2.24, 2.45) is 5.92 Å². The Bertz CT molecular complexity index is 483. The van der Waals surface area contributed by atoms with Gasteiger partial charge in [0, 0.05) is 5.69 Å². The average molecular weight is 317 g/mol. The highest BCUT2D eigenvalue weighted by Gasteiger charge is 2.61. The lowest BCUT2D eigenvalue weighted by molar-refractivity contribution is -0.272. The van der Waals surface area contributed by atoms with Crippen LogP contribution in [0.25, 0.3) is 0 Å². The van der Waals surface area contributed by atoms with Gasteiger partial charge in [-0.1, -0.05) is 0 Å². The summed E-state index contributed by atoms with van der Waals surface area (Å²) < 4.78 is 73.7. The highest BCUT2D eigenvalue weighted by atomic mass is 19.4. The fourth-order valence-electron chi connectivity index (χ4n) is 1.37. The van der Waals surface area contributed by atoms with Crippen molar-refractivity contribution in [1.82, 2.24) is 0 Å². The second-order valence-electron chi connectivity index (χ2n) is 3.83. The summed E-state index contributed by atoms with van der Waals surface area (Å²) in [4.78, 5) is 11.2. The van der Waals surface area contributed by atoms with Gasteiger partial charge in [0.1, 0.15) is 0 Å². The third kappa shape index (κ3) is 4.49. The number of carbonyl (C=O) groups is 1. The van der Waals surface area contributed by atoms with Crippen LogP contribution in [-0.4, -0.2) is 23.5 Å². The number of alkyl halides is 6. The molecule has 0 atom stereocenters. The van der Waals surface area contributed by atoms with Crippen LogP contribution in [0.5, 0.6) is 0 Å². The number of anilines is 2. The standard InChI is InChI=1S/C10H7F6N2O3/c11-9(12,13)7(10(14,15)16)8(19)17-5-1-3-6(4-2-5)18(20)21/h1-4,7,20H,(H,17,19)/q-1. The molecule has 0 aliphatic rings. The monoisotopic (exact) mass is 317 g/mol. The Kier molecular flexibility index (Phi) is 4.69. The number of benzene rings is 1. The molecule has 2 N–H and O–H groups in total. The molecule has 0 saturated heterocycles. The topological polar surface area (TPSA) is 75.6 Å². The molecular weight excluding hydrogens is 310 g/mol. The molecule has 0 fully saturated rings. The number of amides is 1. The van der Waals surface area contributed by atoms with Crippen molar-refractivity contribution in [3.63, 3.8) is 0 Å². The molecule has 1 rings (SSSR count). The molecule has 1 amide bonds. The third-order valence-electron chi connectivity index (χ3n) is 2.27. The normalized spacial score (nSPS) is 12.4. The van der Waals surface area contributed by atoms with Crippen molar-refractivity contribution in [1.29, 1.82) is 0 Å². The van der Waals surface area contributed by atoms with E-state index in [2.05, 4.69) is 0 Å². The largest absolute Gasteiger partial charge is 0.733 e. The molecule has 11 heteroatoms. The molecule has 1 aromatic carbocycles.